The minimum absolute atomic E-state index is 0.0791. The normalized spacial score (nSPS) is 20.1. The second-order valence-corrected chi connectivity index (χ2v) is 6.49. The van der Waals surface area contributed by atoms with Crippen molar-refractivity contribution in [1.29, 1.82) is 0 Å². The van der Waals surface area contributed by atoms with Crippen LogP contribution in [0.4, 0.5) is 5.69 Å². The van der Waals surface area contributed by atoms with Gasteiger partial charge in [0.15, 0.2) is 6.10 Å². The van der Waals surface area contributed by atoms with E-state index in [1.165, 1.54) is 6.92 Å². The summed E-state index contributed by atoms with van der Waals surface area (Å²) in [4.78, 5) is 38.2. The Morgan fingerprint density at radius 1 is 1.48 bits per heavy atom. The first kappa shape index (κ1) is 19.0. The summed E-state index contributed by atoms with van der Waals surface area (Å²) in [5.41, 5.74) is 0.689. The maximum Gasteiger partial charge on any atom is 0.329 e. The van der Waals surface area contributed by atoms with Crippen molar-refractivity contribution >= 4 is 23.5 Å². The molecule has 3 atom stereocenters. The first-order valence-corrected chi connectivity index (χ1v) is 8.61. The van der Waals surface area contributed by atoms with E-state index in [-0.39, 0.29) is 17.7 Å². The topological polar surface area (TPSA) is 93.5 Å². The van der Waals surface area contributed by atoms with Gasteiger partial charge < -0.3 is 15.0 Å². The summed E-state index contributed by atoms with van der Waals surface area (Å²) in [6.45, 7) is 5.73. The maximum absolute atomic E-state index is 12.7. The lowest BCUT2D eigenvalue weighted by Gasteiger charge is -2.32. The van der Waals surface area contributed by atoms with E-state index in [0.717, 1.165) is 6.42 Å². The lowest BCUT2D eigenvalue weighted by molar-refractivity contribution is -0.160. The molecule has 1 aromatic rings. The number of aromatic nitrogens is 2. The molecule has 8 heteroatoms. The molecule has 1 aliphatic rings. The van der Waals surface area contributed by atoms with Crippen molar-refractivity contribution < 1.29 is 19.1 Å². The van der Waals surface area contributed by atoms with Gasteiger partial charge in [-0.25, -0.2) is 4.79 Å². The fraction of sp³-hybridized carbons (Fsp3) is 0.647. The van der Waals surface area contributed by atoms with Crippen molar-refractivity contribution in [1.82, 2.24) is 15.1 Å². The van der Waals surface area contributed by atoms with Gasteiger partial charge in [0.2, 0.25) is 5.91 Å². The Labute approximate surface area is 147 Å². The zero-order valence-corrected chi connectivity index (χ0v) is 15.2. The van der Waals surface area contributed by atoms with Crippen LogP contribution in [0.25, 0.3) is 0 Å². The second-order valence-electron chi connectivity index (χ2n) is 6.49. The molecular formula is C17H26N4O4. The average molecular weight is 350 g/mol. The number of hydrogen-bond donors (Lipinski definition) is 1. The highest BCUT2D eigenvalue weighted by Crippen LogP contribution is 2.23. The highest BCUT2D eigenvalue weighted by atomic mass is 16.5. The molecule has 8 nitrogen and oxygen atoms in total. The summed E-state index contributed by atoms with van der Waals surface area (Å²) in [5, 5.41) is 6.70. The van der Waals surface area contributed by atoms with E-state index in [4.69, 9.17) is 4.74 Å². The molecule has 2 heterocycles. The number of carbonyl (C=O) groups is 3. The number of aryl methyl sites for hydroxylation is 1. The molecule has 1 fully saturated rings. The molecule has 1 saturated heterocycles. The molecule has 1 unspecified atom stereocenters. The number of nitrogens with zero attached hydrogens (tertiary/aromatic N) is 3. The fourth-order valence-corrected chi connectivity index (χ4v) is 2.86. The third-order valence-corrected chi connectivity index (χ3v) is 4.48. The number of esters is 1. The molecule has 2 rings (SSSR count). The van der Waals surface area contributed by atoms with Crippen LogP contribution >= 0.6 is 0 Å². The number of rotatable bonds is 6. The molecule has 0 aromatic carbocycles. The van der Waals surface area contributed by atoms with Crippen LogP contribution in [0.5, 0.6) is 0 Å². The van der Waals surface area contributed by atoms with Gasteiger partial charge in [0, 0.05) is 26.7 Å². The Bertz CT molecular complexity index is 642. The zero-order chi connectivity index (χ0) is 18.6. The zero-order valence-electron chi connectivity index (χ0n) is 15.2. The Hall–Kier alpha value is -2.38. The van der Waals surface area contributed by atoms with Crippen LogP contribution in [0.1, 0.15) is 40.0 Å². The summed E-state index contributed by atoms with van der Waals surface area (Å²) in [7, 11) is 1.78. The average Bonchev–Trinajstić information content (AvgIpc) is 2.99. The summed E-state index contributed by atoms with van der Waals surface area (Å²) in [6.07, 6.45) is 4.45. The first-order valence-electron chi connectivity index (χ1n) is 8.61. The summed E-state index contributed by atoms with van der Waals surface area (Å²) < 4.78 is 7.10. The van der Waals surface area contributed by atoms with Crippen LogP contribution in [-0.2, 0) is 26.2 Å². The maximum atomic E-state index is 12.7. The van der Waals surface area contributed by atoms with Crippen molar-refractivity contribution in [3.63, 3.8) is 0 Å². The number of hydrogen-bond acceptors (Lipinski definition) is 5. The highest BCUT2D eigenvalue weighted by molar-refractivity contribution is 5.98. The van der Waals surface area contributed by atoms with Crippen LogP contribution in [0.15, 0.2) is 12.4 Å². The van der Waals surface area contributed by atoms with E-state index >= 15 is 0 Å². The van der Waals surface area contributed by atoms with Crippen molar-refractivity contribution in [2.75, 3.05) is 11.4 Å². The van der Waals surface area contributed by atoms with E-state index in [9.17, 15) is 14.4 Å². The van der Waals surface area contributed by atoms with E-state index in [0.29, 0.717) is 25.1 Å². The van der Waals surface area contributed by atoms with Crippen molar-refractivity contribution in [3.05, 3.63) is 12.4 Å². The molecule has 0 bridgehead atoms. The van der Waals surface area contributed by atoms with Gasteiger partial charge in [0.25, 0.3) is 5.91 Å². The highest BCUT2D eigenvalue weighted by Gasteiger charge is 2.36. The van der Waals surface area contributed by atoms with Gasteiger partial charge in [-0.3, -0.25) is 14.3 Å². The predicted octanol–water partition coefficient (Wildman–Crippen LogP) is 1.01. The molecule has 0 spiro atoms. The van der Waals surface area contributed by atoms with Crippen LogP contribution < -0.4 is 10.2 Å². The Kier molecular flexibility index (Phi) is 6.17. The van der Waals surface area contributed by atoms with E-state index in [1.54, 1.807) is 29.0 Å². The molecule has 0 aliphatic carbocycles. The first-order chi connectivity index (χ1) is 11.8. The second kappa shape index (κ2) is 8.13. The van der Waals surface area contributed by atoms with Crippen LogP contribution in [0, 0.1) is 5.92 Å². The van der Waals surface area contributed by atoms with Crippen molar-refractivity contribution in [2.24, 2.45) is 13.0 Å². The number of ether oxygens (including phenoxy) is 1. The predicted molar refractivity (Wildman–Crippen MR) is 91.7 cm³/mol. The molecule has 0 radical (unpaired) electrons. The third-order valence-electron chi connectivity index (χ3n) is 4.48. The standard InChI is InChI=1S/C17H26N4O4/c1-5-11(2)15(19-12(3)22)17(24)25-14-7-6-8-21(16(14)23)13-9-18-20(4)10-13/h9-11,14-15H,5-8H2,1-4H3,(H,19,22)/t11-,14?,15-/m0/s1. The smallest absolute Gasteiger partial charge is 0.329 e. The number of amides is 2. The Balaban J connectivity index is 2.08. The minimum atomic E-state index is -0.832. The van der Waals surface area contributed by atoms with Gasteiger partial charge in [0.05, 0.1) is 11.9 Å². The molecule has 1 N–H and O–H groups in total. The molecule has 138 valence electrons. The lowest BCUT2D eigenvalue weighted by Crippen LogP contribution is -2.50. The van der Waals surface area contributed by atoms with E-state index in [1.807, 2.05) is 13.8 Å². The molecule has 1 aromatic heterocycles. The van der Waals surface area contributed by atoms with Crippen LogP contribution in [0.2, 0.25) is 0 Å². The largest absolute Gasteiger partial charge is 0.451 e. The van der Waals surface area contributed by atoms with Gasteiger partial charge in [-0.05, 0) is 18.8 Å². The summed E-state index contributed by atoms with van der Waals surface area (Å²) in [5.74, 6) is -1.19. The van der Waals surface area contributed by atoms with Crippen molar-refractivity contribution in [3.8, 4) is 0 Å². The Morgan fingerprint density at radius 3 is 2.76 bits per heavy atom. The summed E-state index contributed by atoms with van der Waals surface area (Å²) in [6, 6.07) is -0.746. The van der Waals surface area contributed by atoms with E-state index < -0.39 is 18.1 Å². The monoisotopic (exact) mass is 350 g/mol. The van der Waals surface area contributed by atoms with Gasteiger partial charge >= 0.3 is 5.97 Å². The third kappa shape index (κ3) is 4.58. The van der Waals surface area contributed by atoms with Crippen molar-refractivity contribution in [2.45, 2.75) is 52.2 Å². The summed E-state index contributed by atoms with van der Waals surface area (Å²) >= 11 is 0. The molecular weight excluding hydrogens is 324 g/mol. The molecule has 0 saturated carbocycles. The SMILES string of the molecule is CC[C@H](C)[C@H](NC(C)=O)C(=O)OC1CCCN(c2cnn(C)c2)C1=O. The van der Waals surface area contributed by atoms with Gasteiger partial charge in [-0.15, -0.1) is 0 Å². The Morgan fingerprint density at radius 2 is 2.20 bits per heavy atom. The van der Waals surface area contributed by atoms with E-state index in [2.05, 4.69) is 10.4 Å². The quantitative estimate of drug-likeness (QED) is 0.773. The molecule has 25 heavy (non-hydrogen) atoms. The van der Waals surface area contributed by atoms with Crippen LogP contribution in [-0.4, -0.2) is 46.3 Å². The number of nitrogens with one attached hydrogen (secondary N) is 1. The van der Waals surface area contributed by atoms with Gasteiger partial charge in [-0.2, -0.15) is 5.10 Å². The molecule has 1 aliphatic heterocycles. The fourth-order valence-electron chi connectivity index (χ4n) is 2.86. The van der Waals surface area contributed by atoms with Gasteiger partial charge in [0.1, 0.15) is 6.04 Å². The number of carbonyl (C=O) groups excluding carboxylic acids is 3. The minimum Gasteiger partial charge on any atom is -0.451 e. The molecule has 2 amide bonds. The van der Waals surface area contributed by atoms with Crippen LogP contribution in [0.3, 0.4) is 0 Å². The number of anilines is 1. The lowest BCUT2D eigenvalue weighted by atomic mass is 9.99. The van der Waals surface area contributed by atoms with Gasteiger partial charge in [-0.1, -0.05) is 20.3 Å². The number of piperidine rings is 1.